The summed E-state index contributed by atoms with van der Waals surface area (Å²) in [5, 5.41) is 3.13. The molecule has 0 amide bonds. The maximum absolute atomic E-state index is 3.13. The molecule has 0 saturated heterocycles. The molecule has 0 rings (SSSR count). The molecule has 1 nitrogen and oxygen atoms in total. The highest BCUT2D eigenvalue weighted by Crippen LogP contribution is 2.04. The van der Waals surface area contributed by atoms with E-state index in [0.29, 0.717) is 0 Å². The SMILES string of the molecule is CCSCCSCCNC. The summed E-state index contributed by atoms with van der Waals surface area (Å²) in [4.78, 5) is 0. The predicted molar refractivity (Wildman–Crippen MR) is 54.3 cm³/mol. The lowest BCUT2D eigenvalue weighted by Gasteiger charge is -1.98. The van der Waals surface area contributed by atoms with E-state index in [1.807, 2.05) is 30.6 Å². The maximum atomic E-state index is 3.13. The van der Waals surface area contributed by atoms with E-state index < -0.39 is 0 Å². The molecule has 0 fully saturated rings. The summed E-state index contributed by atoms with van der Waals surface area (Å²) in [7, 11) is 2.00. The molecule has 62 valence electrons. The van der Waals surface area contributed by atoms with Gasteiger partial charge in [-0.1, -0.05) is 6.92 Å². The largest absolute Gasteiger partial charge is 0.319 e. The Hall–Kier alpha value is 0.660. The van der Waals surface area contributed by atoms with Gasteiger partial charge in [0.1, 0.15) is 0 Å². The zero-order chi connectivity index (χ0) is 7.66. The molecule has 0 saturated carbocycles. The molecular weight excluding hydrogens is 162 g/mol. The smallest absolute Gasteiger partial charge is 0.00582 e. The van der Waals surface area contributed by atoms with Crippen LogP contribution in [0, 0.1) is 0 Å². The van der Waals surface area contributed by atoms with E-state index in [4.69, 9.17) is 0 Å². The van der Waals surface area contributed by atoms with Crippen LogP contribution in [0.15, 0.2) is 0 Å². The number of hydrogen-bond donors (Lipinski definition) is 1. The fraction of sp³-hybridized carbons (Fsp3) is 1.00. The second-order valence-corrected chi connectivity index (χ2v) is 4.53. The minimum atomic E-state index is 1.14. The summed E-state index contributed by atoms with van der Waals surface area (Å²) in [6, 6.07) is 0. The number of hydrogen-bond acceptors (Lipinski definition) is 3. The summed E-state index contributed by atoms with van der Waals surface area (Å²) in [6.07, 6.45) is 0. The molecule has 0 aliphatic heterocycles. The van der Waals surface area contributed by atoms with Gasteiger partial charge in [-0.25, -0.2) is 0 Å². The predicted octanol–water partition coefficient (Wildman–Crippen LogP) is 1.69. The van der Waals surface area contributed by atoms with E-state index in [2.05, 4.69) is 12.2 Å². The second-order valence-electron chi connectivity index (χ2n) is 1.91. The highest BCUT2D eigenvalue weighted by molar-refractivity contribution is 8.02. The third-order valence-corrected chi connectivity index (χ3v) is 3.22. The molecule has 0 heterocycles. The van der Waals surface area contributed by atoms with Crippen LogP contribution in [0.25, 0.3) is 0 Å². The molecule has 0 aromatic rings. The normalized spacial score (nSPS) is 10.2. The van der Waals surface area contributed by atoms with Gasteiger partial charge in [0.05, 0.1) is 0 Å². The van der Waals surface area contributed by atoms with Crippen LogP contribution < -0.4 is 5.32 Å². The minimum absolute atomic E-state index is 1.14. The lowest BCUT2D eigenvalue weighted by Crippen LogP contribution is -2.10. The Morgan fingerprint density at radius 3 is 2.40 bits per heavy atom. The van der Waals surface area contributed by atoms with Crippen LogP contribution in [-0.2, 0) is 0 Å². The second kappa shape index (κ2) is 9.66. The fourth-order valence-electron chi connectivity index (χ4n) is 0.538. The van der Waals surface area contributed by atoms with Crippen molar-refractivity contribution >= 4 is 23.5 Å². The zero-order valence-corrected chi connectivity index (χ0v) is 8.49. The standard InChI is InChI=1S/C7H17NS2/c1-3-9-6-7-10-5-4-8-2/h8H,3-7H2,1-2H3. The lowest BCUT2D eigenvalue weighted by atomic mass is 10.8. The first-order chi connectivity index (χ1) is 4.91. The van der Waals surface area contributed by atoms with Gasteiger partial charge >= 0.3 is 0 Å². The van der Waals surface area contributed by atoms with Crippen molar-refractivity contribution in [3.63, 3.8) is 0 Å². The average Bonchev–Trinajstić information content (AvgIpc) is 1.97. The Morgan fingerprint density at radius 2 is 1.80 bits per heavy atom. The van der Waals surface area contributed by atoms with Crippen molar-refractivity contribution in [2.45, 2.75) is 6.92 Å². The molecule has 0 radical (unpaired) electrons. The maximum Gasteiger partial charge on any atom is 0.00582 e. The van der Waals surface area contributed by atoms with E-state index >= 15 is 0 Å². The van der Waals surface area contributed by atoms with Crippen LogP contribution in [0.5, 0.6) is 0 Å². The Morgan fingerprint density at radius 1 is 1.10 bits per heavy atom. The van der Waals surface area contributed by atoms with Gasteiger partial charge in [-0.3, -0.25) is 0 Å². The van der Waals surface area contributed by atoms with Crippen molar-refractivity contribution < 1.29 is 0 Å². The van der Waals surface area contributed by atoms with Crippen molar-refractivity contribution in [3.8, 4) is 0 Å². The highest BCUT2D eigenvalue weighted by atomic mass is 32.2. The third kappa shape index (κ3) is 8.66. The van der Waals surface area contributed by atoms with Crippen molar-refractivity contribution in [2.24, 2.45) is 0 Å². The van der Waals surface area contributed by atoms with Crippen molar-refractivity contribution in [1.29, 1.82) is 0 Å². The number of thioether (sulfide) groups is 2. The lowest BCUT2D eigenvalue weighted by molar-refractivity contribution is 0.872. The van der Waals surface area contributed by atoms with Gasteiger partial charge in [0.15, 0.2) is 0 Å². The van der Waals surface area contributed by atoms with Crippen molar-refractivity contribution in [3.05, 3.63) is 0 Å². The monoisotopic (exact) mass is 179 g/mol. The van der Waals surface area contributed by atoms with Crippen molar-refractivity contribution in [2.75, 3.05) is 36.6 Å². The Balaban J connectivity index is 2.65. The van der Waals surface area contributed by atoms with Gasteiger partial charge in [0, 0.05) is 23.8 Å². The van der Waals surface area contributed by atoms with Crippen LogP contribution in [0.1, 0.15) is 6.92 Å². The van der Waals surface area contributed by atoms with E-state index in [9.17, 15) is 0 Å². The molecule has 10 heavy (non-hydrogen) atoms. The van der Waals surface area contributed by atoms with E-state index in [1.165, 1.54) is 23.0 Å². The van der Waals surface area contributed by atoms with Crippen LogP contribution >= 0.6 is 23.5 Å². The topological polar surface area (TPSA) is 12.0 Å². The quantitative estimate of drug-likeness (QED) is 0.597. The molecule has 0 unspecified atom stereocenters. The van der Waals surface area contributed by atoms with E-state index in [0.717, 1.165) is 6.54 Å². The molecule has 0 aromatic carbocycles. The van der Waals surface area contributed by atoms with Gasteiger partial charge in [-0.05, 0) is 12.8 Å². The summed E-state index contributed by atoms with van der Waals surface area (Å²) in [6.45, 7) is 3.35. The first-order valence-corrected chi connectivity index (χ1v) is 6.02. The Kier molecular flexibility index (Phi) is 10.3. The van der Waals surface area contributed by atoms with Crippen LogP contribution in [0.3, 0.4) is 0 Å². The third-order valence-electron chi connectivity index (χ3n) is 1.07. The summed E-state index contributed by atoms with van der Waals surface area (Å²) < 4.78 is 0. The molecule has 0 bridgehead atoms. The molecule has 0 aliphatic rings. The minimum Gasteiger partial charge on any atom is -0.319 e. The van der Waals surface area contributed by atoms with E-state index in [1.54, 1.807) is 0 Å². The summed E-state index contributed by atoms with van der Waals surface area (Å²) in [5.74, 6) is 5.12. The first-order valence-electron chi connectivity index (χ1n) is 3.72. The first kappa shape index (κ1) is 10.7. The summed E-state index contributed by atoms with van der Waals surface area (Å²) in [5.41, 5.74) is 0. The van der Waals surface area contributed by atoms with Gasteiger partial charge in [0.2, 0.25) is 0 Å². The highest BCUT2D eigenvalue weighted by Gasteiger charge is 1.87. The van der Waals surface area contributed by atoms with Crippen LogP contribution in [-0.4, -0.2) is 36.6 Å². The number of rotatable bonds is 7. The number of nitrogens with one attached hydrogen (secondary N) is 1. The van der Waals surface area contributed by atoms with Crippen molar-refractivity contribution in [1.82, 2.24) is 5.32 Å². The van der Waals surface area contributed by atoms with Gasteiger partial charge in [0.25, 0.3) is 0 Å². The summed E-state index contributed by atoms with van der Waals surface area (Å²) >= 11 is 4.06. The molecule has 0 aliphatic carbocycles. The van der Waals surface area contributed by atoms with Gasteiger partial charge in [-0.15, -0.1) is 0 Å². The molecular formula is C7H17NS2. The fourth-order valence-corrected chi connectivity index (χ4v) is 2.32. The van der Waals surface area contributed by atoms with Crippen LogP contribution in [0.2, 0.25) is 0 Å². The average molecular weight is 179 g/mol. The van der Waals surface area contributed by atoms with Crippen LogP contribution in [0.4, 0.5) is 0 Å². The van der Waals surface area contributed by atoms with E-state index in [-0.39, 0.29) is 0 Å². The Labute approximate surface area is 72.7 Å². The zero-order valence-electron chi connectivity index (χ0n) is 6.85. The molecule has 3 heteroatoms. The molecule has 1 N–H and O–H groups in total. The molecule has 0 spiro atoms. The van der Waals surface area contributed by atoms with Gasteiger partial charge < -0.3 is 5.32 Å². The van der Waals surface area contributed by atoms with Gasteiger partial charge in [-0.2, -0.15) is 23.5 Å². The Bertz CT molecular complexity index is 51.6. The molecule has 0 aromatic heterocycles. The molecule has 0 atom stereocenters.